The Morgan fingerprint density at radius 3 is 2.54 bits per heavy atom. The first kappa shape index (κ1) is 24.0. The van der Waals surface area contributed by atoms with Gasteiger partial charge in [-0.2, -0.15) is 5.26 Å². The summed E-state index contributed by atoms with van der Waals surface area (Å²) in [6, 6.07) is 19.0. The van der Waals surface area contributed by atoms with E-state index in [0.717, 1.165) is 0 Å². The van der Waals surface area contributed by atoms with Crippen LogP contribution >= 0.6 is 0 Å². The minimum Gasteiger partial charge on any atom is -0.309 e. The molecule has 2 aromatic carbocycles. The maximum atomic E-state index is 14.5. The number of nitro benzene ring substituents is 1. The number of hydrogen-bond donors (Lipinski definition) is 0. The van der Waals surface area contributed by atoms with Crippen molar-refractivity contribution in [2.24, 2.45) is 0 Å². The molecule has 1 aromatic heterocycles. The number of nitro groups is 1. The van der Waals surface area contributed by atoms with Crippen LogP contribution in [0.1, 0.15) is 24.8 Å². The highest BCUT2D eigenvalue weighted by atomic mass is 16.6. The Bertz CT molecular complexity index is 1720. The van der Waals surface area contributed by atoms with Gasteiger partial charge in [0, 0.05) is 53.5 Å². The second kappa shape index (κ2) is 8.86. The van der Waals surface area contributed by atoms with Crippen molar-refractivity contribution in [3.05, 3.63) is 106 Å². The molecule has 9 nitrogen and oxygen atoms in total. The molecule has 0 bridgehead atoms. The lowest BCUT2D eigenvalue weighted by Crippen LogP contribution is -2.51. The molecule has 3 aliphatic rings. The standard InChI is InChI=1S/C30H21N5O4/c1-2-15-33-24-12-4-3-11-22(24)30(29(33)37)23(19-31)28(32-16-5-6-17-32)34(25-13-8-14-26(36)27(25)30)20-9-7-10-21(18-20)35(38)39/h1,3-7,9-12,16-18H,8,13-15H2/t30-/m0/s1. The highest BCUT2D eigenvalue weighted by molar-refractivity contribution is 6.22. The quantitative estimate of drug-likeness (QED) is 0.287. The number of nitrogens with zero attached hydrogens (tertiary/aromatic N) is 5. The largest absolute Gasteiger partial charge is 0.309 e. The van der Waals surface area contributed by atoms with Crippen LogP contribution in [0, 0.1) is 33.8 Å². The maximum Gasteiger partial charge on any atom is 0.271 e. The van der Waals surface area contributed by atoms with Gasteiger partial charge in [-0.15, -0.1) is 6.42 Å². The van der Waals surface area contributed by atoms with Gasteiger partial charge < -0.3 is 4.57 Å². The Hall–Kier alpha value is -5.41. The number of ketones is 1. The number of para-hydroxylation sites is 1. The van der Waals surface area contributed by atoms with Gasteiger partial charge in [0.1, 0.15) is 17.3 Å². The Labute approximate surface area is 224 Å². The third-order valence-corrected chi connectivity index (χ3v) is 7.51. The van der Waals surface area contributed by atoms with Crippen LogP contribution in [-0.2, 0) is 15.0 Å². The van der Waals surface area contributed by atoms with Crippen molar-refractivity contribution in [1.82, 2.24) is 4.57 Å². The summed E-state index contributed by atoms with van der Waals surface area (Å²) in [7, 11) is 0. The number of carbonyl (C=O) groups excluding carboxylic acids is 2. The number of fused-ring (bicyclic) bond motifs is 3. The molecule has 0 saturated carbocycles. The highest BCUT2D eigenvalue weighted by Crippen LogP contribution is 2.58. The number of aromatic nitrogens is 1. The van der Waals surface area contributed by atoms with Crippen molar-refractivity contribution in [2.75, 3.05) is 16.3 Å². The van der Waals surface area contributed by atoms with Crippen LogP contribution in [0.4, 0.5) is 17.1 Å². The number of Topliss-reactive ketones (excluding diaryl/α,β-unsaturated/α-hetero) is 1. The van der Waals surface area contributed by atoms with Crippen LogP contribution in [0.3, 0.4) is 0 Å². The van der Waals surface area contributed by atoms with E-state index in [1.807, 2.05) is 0 Å². The molecule has 1 spiro atoms. The fraction of sp³-hybridized carbons (Fsp3) is 0.167. The summed E-state index contributed by atoms with van der Waals surface area (Å²) in [5.41, 5.74) is 0.469. The number of hydrogen-bond acceptors (Lipinski definition) is 6. The van der Waals surface area contributed by atoms with Gasteiger partial charge in [-0.05, 0) is 37.1 Å². The zero-order valence-electron chi connectivity index (χ0n) is 20.7. The lowest BCUT2D eigenvalue weighted by molar-refractivity contribution is -0.384. The Morgan fingerprint density at radius 1 is 1.05 bits per heavy atom. The molecule has 6 rings (SSSR count). The van der Waals surface area contributed by atoms with Crippen LogP contribution in [0.25, 0.3) is 5.82 Å². The van der Waals surface area contributed by atoms with Crippen molar-refractivity contribution in [3.8, 4) is 18.4 Å². The zero-order chi connectivity index (χ0) is 27.3. The maximum absolute atomic E-state index is 14.5. The predicted octanol–water partition coefficient (Wildman–Crippen LogP) is 4.53. The molecule has 2 aliphatic heterocycles. The number of terminal acetylenes is 1. The van der Waals surface area contributed by atoms with E-state index in [9.17, 15) is 25.0 Å². The van der Waals surface area contributed by atoms with E-state index in [0.29, 0.717) is 41.3 Å². The summed E-state index contributed by atoms with van der Waals surface area (Å²) in [6.45, 7) is -0.0272. The van der Waals surface area contributed by atoms with E-state index in [-0.39, 0.29) is 35.6 Å². The highest BCUT2D eigenvalue weighted by Gasteiger charge is 2.62. The van der Waals surface area contributed by atoms with Crippen molar-refractivity contribution >= 4 is 34.6 Å². The summed E-state index contributed by atoms with van der Waals surface area (Å²) in [5.74, 6) is 2.18. The van der Waals surface area contributed by atoms with Gasteiger partial charge in [0.2, 0.25) is 5.91 Å². The molecule has 1 amide bonds. The first-order chi connectivity index (χ1) is 18.9. The average Bonchev–Trinajstić information content (AvgIpc) is 3.56. The van der Waals surface area contributed by atoms with Crippen LogP contribution in [0.15, 0.2) is 89.9 Å². The summed E-state index contributed by atoms with van der Waals surface area (Å²) >= 11 is 0. The Balaban J connectivity index is 1.77. The summed E-state index contributed by atoms with van der Waals surface area (Å²) < 4.78 is 1.71. The molecular weight excluding hydrogens is 494 g/mol. The molecule has 39 heavy (non-hydrogen) atoms. The van der Waals surface area contributed by atoms with Gasteiger partial charge in [0.15, 0.2) is 5.78 Å². The Kier molecular flexibility index (Phi) is 5.44. The average molecular weight is 516 g/mol. The predicted molar refractivity (Wildman–Crippen MR) is 144 cm³/mol. The van der Waals surface area contributed by atoms with Crippen LogP contribution in [-0.4, -0.2) is 27.7 Å². The SMILES string of the molecule is C#CCN1C(=O)[C@]2(C(C#N)=C(n3cccc3)N(c3cccc([N+](=O)[O-])c3)C3=C2C(=O)CCC3)c2ccccc21. The number of nitriles is 1. The number of benzene rings is 2. The van der Waals surface area contributed by atoms with Crippen molar-refractivity contribution in [3.63, 3.8) is 0 Å². The van der Waals surface area contributed by atoms with Gasteiger partial charge >= 0.3 is 0 Å². The minimum atomic E-state index is -1.70. The van der Waals surface area contributed by atoms with E-state index in [1.165, 1.54) is 17.0 Å². The zero-order valence-corrected chi connectivity index (χ0v) is 20.7. The molecule has 0 unspecified atom stereocenters. The van der Waals surface area contributed by atoms with Crippen molar-refractivity contribution in [1.29, 1.82) is 5.26 Å². The fourth-order valence-corrected chi connectivity index (χ4v) is 6.07. The van der Waals surface area contributed by atoms with Gasteiger partial charge in [0.25, 0.3) is 5.69 Å². The normalized spacial score (nSPS) is 20.2. The molecule has 0 fully saturated rings. The van der Waals surface area contributed by atoms with Crippen LogP contribution in [0.5, 0.6) is 0 Å². The third kappa shape index (κ3) is 3.20. The lowest BCUT2D eigenvalue weighted by Gasteiger charge is -2.45. The number of amides is 1. The van der Waals surface area contributed by atoms with Crippen molar-refractivity contribution < 1.29 is 14.5 Å². The first-order valence-electron chi connectivity index (χ1n) is 12.4. The number of allylic oxidation sites excluding steroid dienone is 1. The van der Waals surface area contributed by atoms with Crippen molar-refractivity contribution in [2.45, 2.75) is 24.7 Å². The molecule has 3 heterocycles. The van der Waals surface area contributed by atoms with E-state index in [2.05, 4.69) is 12.0 Å². The summed E-state index contributed by atoms with van der Waals surface area (Å²) in [4.78, 5) is 42.8. The van der Waals surface area contributed by atoms with E-state index < -0.39 is 16.2 Å². The second-order valence-corrected chi connectivity index (χ2v) is 9.47. The summed E-state index contributed by atoms with van der Waals surface area (Å²) in [6.07, 6.45) is 10.3. The summed E-state index contributed by atoms with van der Waals surface area (Å²) in [5, 5.41) is 22.5. The smallest absolute Gasteiger partial charge is 0.271 e. The van der Waals surface area contributed by atoms with Gasteiger partial charge in [-0.3, -0.25) is 29.5 Å². The van der Waals surface area contributed by atoms with Gasteiger partial charge in [0.05, 0.1) is 22.7 Å². The Morgan fingerprint density at radius 2 is 1.82 bits per heavy atom. The van der Waals surface area contributed by atoms with Gasteiger partial charge in [-0.25, -0.2) is 0 Å². The second-order valence-electron chi connectivity index (χ2n) is 9.47. The molecule has 190 valence electrons. The van der Waals surface area contributed by atoms with Crippen LogP contribution in [0.2, 0.25) is 0 Å². The minimum absolute atomic E-state index is 0.0272. The molecule has 0 saturated heterocycles. The van der Waals surface area contributed by atoms with Gasteiger partial charge in [-0.1, -0.05) is 30.2 Å². The van der Waals surface area contributed by atoms with E-state index in [1.54, 1.807) is 70.4 Å². The number of carbonyl (C=O) groups is 2. The third-order valence-electron chi connectivity index (χ3n) is 7.51. The molecule has 1 aliphatic carbocycles. The molecule has 9 heteroatoms. The molecule has 1 atom stereocenters. The monoisotopic (exact) mass is 515 g/mol. The van der Waals surface area contributed by atoms with Crippen LogP contribution < -0.4 is 9.80 Å². The number of rotatable bonds is 4. The topological polar surface area (TPSA) is 112 Å². The molecule has 0 radical (unpaired) electrons. The molecular formula is C30H21N5O4. The molecule has 0 N–H and O–H groups in total. The number of anilines is 2. The first-order valence-corrected chi connectivity index (χ1v) is 12.4. The molecule has 3 aromatic rings. The fourth-order valence-electron chi connectivity index (χ4n) is 6.07. The van der Waals surface area contributed by atoms with E-state index in [4.69, 9.17) is 6.42 Å². The number of non-ortho nitro benzene ring substituents is 1. The van der Waals surface area contributed by atoms with E-state index >= 15 is 0 Å². The lowest BCUT2D eigenvalue weighted by atomic mass is 9.63.